The van der Waals surface area contributed by atoms with Crippen LogP contribution in [0.5, 0.6) is 6.01 Å². The second-order valence-corrected chi connectivity index (χ2v) is 8.61. The van der Waals surface area contributed by atoms with Gasteiger partial charge in [-0.3, -0.25) is 14.6 Å². The number of nitrogen functional groups attached to an aromatic ring is 1. The standard InChI is InChI=1S/C21H36N6O2/c1-15(2)26-12-10-25(11-13-26)8-6-5-7-9-27-18(28)14-17-19(22)23-21(24-20(17)27)29-16(3)4/h15-16H,5-14H2,1-4H3,(H2,22,23,24). The van der Waals surface area contributed by atoms with Crippen molar-refractivity contribution in [3.05, 3.63) is 5.56 Å². The fourth-order valence-electron chi connectivity index (χ4n) is 4.01. The summed E-state index contributed by atoms with van der Waals surface area (Å²) in [7, 11) is 0. The summed E-state index contributed by atoms with van der Waals surface area (Å²) in [6.07, 6.45) is 3.45. The van der Waals surface area contributed by atoms with Gasteiger partial charge in [0.2, 0.25) is 5.91 Å². The number of carbonyl (C=O) groups excluding carboxylic acids is 1. The summed E-state index contributed by atoms with van der Waals surface area (Å²) in [6, 6.07) is 0.888. The Balaban J connectivity index is 1.45. The highest BCUT2D eigenvalue weighted by molar-refractivity contribution is 6.01. The Kier molecular flexibility index (Phi) is 7.29. The maximum atomic E-state index is 12.5. The smallest absolute Gasteiger partial charge is 0.320 e. The van der Waals surface area contributed by atoms with E-state index in [0.29, 0.717) is 24.2 Å². The molecule has 0 aliphatic carbocycles. The van der Waals surface area contributed by atoms with Crippen LogP contribution in [0.2, 0.25) is 0 Å². The van der Waals surface area contributed by atoms with Crippen LogP contribution in [0.15, 0.2) is 0 Å². The molecule has 0 radical (unpaired) electrons. The molecule has 8 nitrogen and oxygen atoms in total. The maximum Gasteiger partial charge on any atom is 0.320 e. The van der Waals surface area contributed by atoms with E-state index in [4.69, 9.17) is 10.5 Å². The van der Waals surface area contributed by atoms with Crippen molar-refractivity contribution in [2.75, 3.05) is 49.9 Å². The molecule has 1 aromatic heterocycles. The molecule has 8 heteroatoms. The van der Waals surface area contributed by atoms with Gasteiger partial charge in [0.15, 0.2) is 0 Å². The van der Waals surface area contributed by atoms with E-state index in [1.807, 2.05) is 13.8 Å². The second kappa shape index (κ2) is 9.71. The predicted molar refractivity (Wildman–Crippen MR) is 115 cm³/mol. The van der Waals surface area contributed by atoms with Crippen molar-refractivity contribution in [2.24, 2.45) is 0 Å². The van der Waals surface area contributed by atoms with Crippen LogP contribution in [0, 0.1) is 0 Å². The van der Waals surface area contributed by atoms with Crippen molar-refractivity contribution < 1.29 is 9.53 Å². The molecule has 2 N–H and O–H groups in total. The Hall–Kier alpha value is -1.93. The van der Waals surface area contributed by atoms with Gasteiger partial charge in [-0.05, 0) is 47.1 Å². The lowest BCUT2D eigenvalue weighted by molar-refractivity contribution is -0.117. The van der Waals surface area contributed by atoms with Crippen LogP contribution in [0.1, 0.15) is 52.5 Å². The van der Waals surface area contributed by atoms with Gasteiger partial charge in [0.1, 0.15) is 11.6 Å². The summed E-state index contributed by atoms with van der Waals surface area (Å²) in [6.45, 7) is 14.8. The topological polar surface area (TPSA) is 87.8 Å². The number of nitrogens with zero attached hydrogens (tertiary/aromatic N) is 5. The summed E-state index contributed by atoms with van der Waals surface area (Å²) in [5.41, 5.74) is 6.77. The molecule has 0 spiro atoms. The van der Waals surface area contributed by atoms with Gasteiger partial charge >= 0.3 is 6.01 Å². The van der Waals surface area contributed by atoms with Gasteiger partial charge in [0, 0.05) is 44.3 Å². The van der Waals surface area contributed by atoms with Crippen LogP contribution in [0.25, 0.3) is 0 Å². The highest BCUT2D eigenvalue weighted by Crippen LogP contribution is 2.32. The Labute approximate surface area is 174 Å². The zero-order chi connectivity index (χ0) is 21.0. The average Bonchev–Trinajstić information content (AvgIpc) is 2.97. The molecule has 3 rings (SSSR count). The van der Waals surface area contributed by atoms with Gasteiger partial charge in [-0.15, -0.1) is 0 Å². The number of rotatable bonds is 9. The molecule has 1 saturated heterocycles. The highest BCUT2D eigenvalue weighted by Gasteiger charge is 2.32. The molecule has 1 aromatic rings. The minimum Gasteiger partial charge on any atom is -0.461 e. The summed E-state index contributed by atoms with van der Waals surface area (Å²) < 4.78 is 5.59. The monoisotopic (exact) mass is 404 g/mol. The molecular weight excluding hydrogens is 368 g/mol. The zero-order valence-corrected chi connectivity index (χ0v) is 18.4. The Morgan fingerprint density at radius 1 is 1.00 bits per heavy atom. The fraction of sp³-hybridized carbons (Fsp3) is 0.762. The fourth-order valence-corrected chi connectivity index (χ4v) is 4.01. The third kappa shape index (κ3) is 5.57. The van der Waals surface area contributed by atoms with Gasteiger partial charge in [0.05, 0.1) is 12.5 Å². The number of hydrogen-bond acceptors (Lipinski definition) is 7. The van der Waals surface area contributed by atoms with Crippen LogP contribution >= 0.6 is 0 Å². The van der Waals surface area contributed by atoms with E-state index in [2.05, 4.69) is 33.6 Å². The molecule has 3 heterocycles. The molecule has 2 aliphatic rings. The van der Waals surface area contributed by atoms with E-state index in [0.717, 1.165) is 44.5 Å². The molecule has 0 aromatic carbocycles. The lowest BCUT2D eigenvalue weighted by Crippen LogP contribution is -2.48. The number of carbonyl (C=O) groups is 1. The molecule has 0 saturated carbocycles. The number of anilines is 2. The number of piperazine rings is 1. The van der Waals surface area contributed by atoms with Crippen molar-refractivity contribution in [1.29, 1.82) is 0 Å². The Bertz CT molecular complexity index is 701. The first-order valence-corrected chi connectivity index (χ1v) is 10.9. The van der Waals surface area contributed by atoms with Crippen LogP contribution < -0.4 is 15.4 Å². The zero-order valence-electron chi connectivity index (χ0n) is 18.4. The quantitative estimate of drug-likeness (QED) is 0.629. The molecule has 2 aliphatic heterocycles. The Morgan fingerprint density at radius 3 is 2.34 bits per heavy atom. The van der Waals surface area contributed by atoms with Crippen LogP contribution in [-0.2, 0) is 11.2 Å². The van der Waals surface area contributed by atoms with Gasteiger partial charge in [-0.1, -0.05) is 6.42 Å². The lowest BCUT2D eigenvalue weighted by atomic mass is 10.2. The SMILES string of the molecule is CC(C)Oc1nc(N)c2c(n1)N(CCCCCN1CCN(C(C)C)CC1)C(=O)C2. The minimum atomic E-state index is -0.0413. The van der Waals surface area contributed by atoms with Crippen LogP contribution in [0.3, 0.4) is 0 Å². The van der Waals surface area contributed by atoms with E-state index < -0.39 is 0 Å². The highest BCUT2D eigenvalue weighted by atomic mass is 16.5. The van der Waals surface area contributed by atoms with E-state index >= 15 is 0 Å². The molecule has 1 amide bonds. The molecular formula is C21H36N6O2. The third-order valence-corrected chi connectivity index (χ3v) is 5.72. The normalized spacial score (nSPS) is 18.1. The van der Waals surface area contributed by atoms with Gasteiger partial charge in [-0.2, -0.15) is 9.97 Å². The summed E-state index contributed by atoms with van der Waals surface area (Å²) >= 11 is 0. The van der Waals surface area contributed by atoms with Crippen molar-refractivity contribution in [3.8, 4) is 6.01 Å². The maximum absolute atomic E-state index is 12.5. The number of amides is 1. The van der Waals surface area contributed by atoms with Crippen molar-refractivity contribution in [2.45, 2.75) is 65.5 Å². The minimum absolute atomic E-state index is 0.0413. The summed E-state index contributed by atoms with van der Waals surface area (Å²) in [4.78, 5) is 28.0. The van der Waals surface area contributed by atoms with E-state index in [1.165, 1.54) is 13.1 Å². The molecule has 1 fully saturated rings. The summed E-state index contributed by atoms with van der Waals surface area (Å²) in [5.74, 6) is 1.03. The number of unbranched alkanes of at least 4 members (excludes halogenated alkanes) is 2. The molecule has 29 heavy (non-hydrogen) atoms. The van der Waals surface area contributed by atoms with E-state index in [1.54, 1.807) is 4.90 Å². The average molecular weight is 405 g/mol. The number of hydrogen-bond donors (Lipinski definition) is 1. The van der Waals surface area contributed by atoms with Crippen molar-refractivity contribution >= 4 is 17.5 Å². The van der Waals surface area contributed by atoms with Crippen molar-refractivity contribution in [1.82, 2.24) is 19.8 Å². The molecule has 0 unspecified atom stereocenters. The number of ether oxygens (including phenoxy) is 1. The van der Waals surface area contributed by atoms with E-state index in [9.17, 15) is 4.79 Å². The largest absolute Gasteiger partial charge is 0.461 e. The predicted octanol–water partition coefficient (Wildman–Crippen LogP) is 1.93. The summed E-state index contributed by atoms with van der Waals surface area (Å²) in [5, 5.41) is 0. The lowest BCUT2D eigenvalue weighted by Gasteiger charge is -2.36. The Morgan fingerprint density at radius 2 is 1.69 bits per heavy atom. The first-order chi connectivity index (χ1) is 13.8. The first kappa shape index (κ1) is 21.8. The van der Waals surface area contributed by atoms with Gasteiger partial charge in [0.25, 0.3) is 0 Å². The van der Waals surface area contributed by atoms with Crippen molar-refractivity contribution in [3.63, 3.8) is 0 Å². The number of nitrogens with two attached hydrogens (primary N) is 1. The number of aromatic nitrogens is 2. The van der Waals surface area contributed by atoms with Gasteiger partial charge < -0.3 is 15.4 Å². The first-order valence-electron chi connectivity index (χ1n) is 10.9. The van der Waals surface area contributed by atoms with E-state index in [-0.39, 0.29) is 24.4 Å². The second-order valence-electron chi connectivity index (χ2n) is 8.61. The molecule has 0 bridgehead atoms. The number of fused-ring (bicyclic) bond motifs is 1. The molecule has 162 valence electrons. The molecule has 0 atom stereocenters. The third-order valence-electron chi connectivity index (χ3n) is 5.72. The van der Waals surface area contributed by atoms with Crippen LogP contribution in [-0.4, -0.2) is 77.1 Å². The van der Waals surface area contributed by atoms with Gasteiger partial charge in [-0.25, -0.2) is 0 Å². The van der Waals surface area contributed by atoms with Crippen LogP contribution in [0.4, 0.5) is 11.6 Å².